The van der Waals surface area contributed by atoms with Crippen LogP contribution in [-0.2, 0) is 12.8 Å². The molecular weight excluding hydrogens is 463 g/mol. The maximum Gasteiger partial charge on any atom is 0.253 e. The van der Waals surface area contributed by atoms with E-state index in [9.17, 15) is 4.79 Å². The summed E-state index contributed by atoms with van der Waals surface area (Å²) in [6.07, 6.45) is 0. The molecule has 0 unspecified atom stereocenters. The second-order valence-corrected chi connectivity index (χ2v) is 9.28. The highest BCUT2D eigenvalue weighted by molar-refractivity contribution is 7.98. The van der Waals surface area contributed by atoms with Gasteiger partial charge >= 0.3 is 0 Å². The van der Waals surface area contributed by atoms with Gasteiger partial charge in [-0.05, 0) is 35.7 Å². The lowest BCUT2D eigenvalue weighted by molar-refractivity contribution is 0.0922. The Bertz CT molecular complexity index is 1050. The molecule has 0 aliphatic heterocycles. The summed E-state index contributed by atoms with van der Waals surface area (Å²) in [7, 11) is 1.89. The summed E-state index contributed by atoms with van der Waals surface area (Å²) in [5, 5.41) is 13.9. The van der Waals surface area contributed by atoms with Crippen molar-refractivity contribution >= 4 is 52.5 Å². The van der Waals surface area contributed by atoms with Gasteiger partial charge in [0.15, 0.2) is 11.0 Å². The molecule has 0 aliphatic rings. The van der Waals surface area contributed by atoms with Gasteiger partial charge in [-0.25, -0.2) is 0 Å². The van der Waals surface area contributed by atoms with Gasteiger partial charge in [-0.15, -0.1) is 10.2 Å². The number of amides is 1. The summed E-state index contributed by atoms with van der Waals surface area (Å²) in [5.74, 6) is 1.21. The van der Waals surface area contributed by atoms with Gasteiger partial charge in [0.1, 0.15) is 0 Å². The molecule has 0 spiro atoms. The first kappa shape index (κ1) is 22.9. The summed E-state index contributed by atoms with van der Waals surface area (Å²) < 4.78 is 1.90. The largest absolute Gasteiger partial charge is 0.342 e. The number of hydrogen-bond acceptors (Lipinski definition) is 4. The molecule has 9 heteroatoms. The number of aromatic nitrogens is 3. The Labute approximate surface area is 195 Å². The van der Waals surface area contributed by atoms with Crippen molar-refractivity contribution < 1.29 is 4.79 Å². The second-order valence-electron chi connectivity index (χ2n) is 7.11. The van der Waals surface area contributed by atoms with Crippen molar-refractivity contribution in [1.29, 1.82) is 0 Å². The SMILES string of the molecule is CC(C)[C@H](NC(=O)c1ccccc1Cl)c1nnc(SCc2ccc(Cl)c(Cl)c2)n1C. The van der Waals surface area contributed by atoms with Crippen molar-refractivity contribution in [2.75, 3.05) is 0 Å². The van der Waals surface area contributed by atoms with E-state index in [2.05, 4.69) is 15.5 Å². The number of nitrogens with zero attached hydrogens (tertiary/aromatic N) is 3. The van der Waals surface area contributed by atoms with E-state index in [1.54, 1.807) is 30.3 Å². The molecule has 0 fully saturated rings. The molecule has 0 saturated carbocycles. The van der Waals surface area contributed by atoms with E-state index in [0.717, 1.165) is 10.7 Å². The van der Waals surface area contributed by atoms with Crippen LogP contribution >= 0.6 is 46.6 Å². The first-order chi connectivity index (χ1) is 14.3. The monoisotopic (exact) mass is 482 g/mol. The van der Waals surface area contributed by atoms with Gasteiger partial charge in [0.25, 0.3) is 5.91 Å². The molecule has 1 N–H and O–H groups in total. The third-order valence-corrected chi connectivity index (χ3v) is 6.73. The minimum absolute atomic E-state index is 0.104. The Morgan fingerprint density at radius 3 is 2.47 bits per heavy atom. The molecule has 5 nitrogen and oxygen atoms in total. The summed E-state index contributed by atoms with van der Waals surface area (Å²) in [5.41, 5.74) is 1.47. The van der Waals surface area contributed by atoms with Crippen LogP contribution in [-0.4, -0.2) is 20.7 Å². The standard InChI is InChI=1S/C21H21Cl3N4OS/c1-12(2)18(25-20(29)14-6-4-5-7-15(14)22)19-26-27-21(28(19)3)30-11-13-8-9-16(23)17(24)10-13/h4-10,12,18H,11H2,1-3H3,(H,25,29)/t18-/m0/s1. The Morgan fingerprint density at radius 1 is 1.07 bits per heavy atom. The van der Waals surface area contributed by atoms with Crippen molar-refractivity contribution in [3.63, 3.8) is 0 Å². The number of thioether (sulfide) groups is 1. The Balaban J connectivity index is 1.76. The van der Waals surface area contributed by atoms with E-state index in [1.807, 2.05) is 37.6 Å². The van der Waals surface area contributed by atoms with Crippen LogP contribution in [0.2, 0.25) is 15.1 Å². The number of nitrogens with one attached hydrogen (secondary N) is 1. The third-order valence-electron chi connectivity index (χ3n) is 4.57. The van der Waals surface area contributed by atoms with Gasteiger partial charge in [0, 0.05) is 12.8 Å². The fourth-order valence-electron chi connectivity index (χ4n) is 2.89. The molecule has 3 aromatic rings. The van der Waals surface area contributed by atoms with Crippen LogP contribution in [0.1, 0.15) is 41.6 Å². The number of rotatable bonds is 7. The molecule has 0 aliphatic carbocycles. The second kappa shape index (κ2) is 10.1. The number of benzene rings is 2. The van der Waals surface area contributed by atoms with Gasteiger partial charge in [0.05, 0.1) is 26.7 Å². The van der Waals surface area contributed by atoms with Crippen LogP contribution < -0.4 is 5.32 Å². The van der Waals surface area contributed by atoms with Crippen molar-refractivity contribution in [2.24, 2.45) is 13.0 Å². The van der Waals surface area contributed by atoms with Gasteiger partial charge in [0.2, 0.25) is 0 Å². The fourth-order valence-corrected chi connectivity index (χ4v) is 4.30. The minimum Gasteiger partial charge on any atom is -0.342 e. The van der Waals surface area contributed by atoms with Crippen LogP contribution in [0.3, 0.4) is 0 Å². The number of carbonyl (C=O) groups is 1. The van der Waals surface area contributed by atoms with Crippen LogP contribution in [0, 0.1) is 5.92 Å². The molecule has 1 atom stereocenters. The van der Waals surface area contributed by atoms with E-state index >= 15 is 0 Å². The zero-order valence-electron chi connectivity index (χ0n) is 16.7. The molecule has 158 valence electrons. The maximum atomic E-state index is 12.8. The molecule has 1 heterocycles. The van der Waals surface area contributed by atoms with Crippen LogP contribution in [0.15, 0.2) is 47.6 Å². The summed E-state index contributed by atoms with van der Waals surface area (Å²) in [6, 6.07) is 12.2. The van der Waals surface area contributed by atoms with E-state index in [4.69, 9.17) is 34.8 Å². The molecule has 30 heavy (non-hydrogen) atoms. The maximum absolute atomic E-state index is 12.8. The van der Waals surface area contributed by atoms with Crippen molar-refractivity contribution in [1.82, 2.24) is 20.1 Å². The van der Waals surface area contributed by atoms with Crippen molar-refractivity contribution in [3.05, 3.63) is 74.5 Å². The average molecular weight is 484 g/mol. The topological polar surface area (TPSA) is 59.8 Å². The lowest BCUT2D eigenvalue weighted by Gasteiger charge is -2.22. The molecule has 0 saturated heterocycles. The summed E-state index contributed by atoms with van der Waals surface area (Å²) >= 11 is 19.8. The van der Waals surface area contributed by atoms with E-state index in [0.29, 0.717) is 32.2 Å². The molecular formula is C21H21Cl3N4OS. The predicted octanol–water partition coefficient (Wildman–Crippen LogP) is 6.19. The van der Waals surface area contributed by atoms with E-state index in [-0.39, 0.29) is 17.9 Å². The van der Waals surface area contributed by atoms with Gasteiger partial charge in [-0.1, -0.05) is 78.6 Å². The zero-order chi connectivity index (χ0) is 21.8. The smallest absolute Gasteiger partial charge is 0.253 e. The Hall–Kier alpha value is -1.73. The molecule has 1 amide bonds. The quantitative estimate of drug-likeness (QED) is 0.407. The predicted molar refractivity (Wildman–Crippen MR) is 124 cm³/mol. The molecule has 0 radical (unpaired) electrons. The van der Waals surface area contributed by atoms with E-state index in [1.165, 1.54) is 11.8 Å². The fraction of sp³-hybridized carbons (Fsp3) is 0.286. The Morgan fingerprint density at radius 2 is 1.80 bits per heavy atom. The lowest BCUT2D eigenvalue weighted by atomic mass is 10.0. The Kier molecular flexibility index (Phi) is 7.69. The van der Waals surface area contributed by atoms with Crippen molar-refractivity contribution in [3.8, 4) is 0 Å². The van der Waals surface area contributed by atoms with Crippen LogP contribution in [0.5, 0.6) is 0 Å². The molecule has 2 aromatic carbocycles. The normalized spacial score (nSPS) is 12.2. The number of hydrogen-bond donors (Lipinski definition) is 1. The third kappa shape index (κ3) is 5.30. The summed E-state index contributed by atoms with van der Waals surface area (Å²) in [6.45, 7) is 4.05. The number of carbonyl (C=O) groups excluding carboxylic acids is 1. The highest BCUT2D eigenvalue weighted by atomic mass is 35.5. The number of halogens is 3. The molecule has 0 bridgehead atoms. The average Bonchev–Trinajstić information content (AvgIpc) is 3.07. The van der Waals surface area contributed by atoms with Gasteiger partial charge < -0.3 is 9.88 Å². The first-order valence-corrected chi connectivity index (χ1v) is 11.4. The van der Waals surface area contributed by atoms with Crippen LogP contribution in [0.25, 0.3) is 0 Å². The highest BCUT2D eigenvalue weighted by Gasteiger charge is 2.25. The molecule has 3 rings (SSSR count). The minimum atomic E-state index is -0.314. The highest BCUT2D eigenvalue weighted by Crippen LogP contribution is 2.29. The van der Waals surface area contributed by atoms with Gasteiger partial charge in [-0.3, -0.25) is 4.79 Å². The van der Waals surface area contributed by atoms with E-state index < -0.39 is 0 Å². The van der Waals surface area contributed by atoms with Crippen LogP contribution in [0.4, 0.5) is 0 Å². The lowest BCUT2D eigenvalue weighted by Crippen LogP contribution is -2.33. The summed E-state index contributed by atoms with van der Waals surface area (Å²) in [4.78, 5) is 12.8. The zero-order valence-corrected chi connectivity index (χ0v) is 19.8. The van der Waals surface area contributed by atoms with Crippen molar-refractivity contribution in [2.45, 2.75) is 30.8 Å². The molecule has 1 aromatic heterocycles. The first-order valence-electron chi connectivity index (χ1n) is 9.29. The van der Waals surface area contributed by atoms with Gasteiger partial charge in [-0.2, -0.15) is 0 Å².